The molecular weight excluding hydrogens is 465 g/mol. The third kappa shape index (κ3) is 3.81. The molecule has 3 aliphatic rings. The zero-order valence-electron chi connectivity index (χ0n) is 19.6. The van der Waals surface area contributed by atoms with Crippen LogP contribution in [0.5, 0.6) is 0 Å². The largest absolute Gasteiger partial charge is 0.444 e. The summed E-state index contributed by atoms with van der Waals surface area (Å²) in [4.78, 5) is 31.2. The molecular formula is C23H29ClFN5O2S. The van der Waals surface area contributed by atoms with Gasteiger partial charge in [0.1, 0.15) is 16.9 Å². The second kappa shape index (κ2) is 8.12. The Morgan fingerprint density at radius 3 is 2.73 bits per heavy atom. The van der Waals surface area contributed by atoms with Gasteiger partial charge in [0.2, 0.25) is 0 Å². The van der Waals surface area contributed by atoms with Crippen molar-refractivity contribution in [2.45, 2.75) is 82.8 Å². The molecule has 2 saturated heterocycles. The second-order valence-electron chi connectivity index (χ2n) is 10.2. The Balaban J connectivity index is 1.64. The number of aromatic nitrogens is 3. The predicted molar refractivity (Wildman–Crippen MR) is 128 cm³/mol. The smallest absolute Gasteiger partial charge is 0.410 e. The quantitative estimate of drug-likeness (QED) is 0.328. The molecule has 178 valence electrons. The van der Waals surface area contributed by atoms with Gasteiger partial charge in [-0.05, 0) is 51.7 Å². The molecule has 3 aliphatic heterocycles. The SMILES string of the molecule is CCSc1nc2c3c(nc(Cl)c(F)c3n1)C[C@@H](C)[C@H]1[C@@H]3CC[C@H](CN21)N3C(=O)OC(C)(C)C. The van der Waals surface area contributed by atoms with Crippen molar-refractivity contribution in [2.24, 2.45) is 5.92 Å². The number of ether oxygens (including phenoxy) is 1. The van der Waals surface area contributed by atoms with Crippen LogP contribution in [0, 0.1) is 11.7 Å². The summed E-state index contributed by atoms with van der Waals surface area (Å²) >= 11 is 7.66. The van der Waals surface area contributed by atoms with Gasteiger partial charge in [-0.15, -0.1) is 0 Å². The fraction of sp³-hybridized carbons (Fsp3) is 0.652. The molecule has 4 atom stereocenters. The first-order chi connectivity index (χ1) is 15.6. The fourth-order valence-corrected chi connectivity index (χ4v) is 6.40. The number of hydrogen-bond acceptors (Lipinski definition) is 7. The maximum absolute atomic E-state index is 15.1. The van der Waals surface area contributed by atoms with Crippen molar-refractivity contribution in [3.63, 3.8) is 0 Å². The van der Waals surface area contributed by atoms with Gasteiger partial charge in [0.05, 0.1) is 29.2 Å². The maximum atomic E-state index is 15.1. The molecule has 0 unspecified atom stereocenters. The van der Waals surface area contributed by atoms with Gasteiger partial charge in [0.25, 0.3) is 0 Å². The molecule has 2 aromatic heterocycles. The van der Waals surface area contributed by atoms with Crippen molar-refractivity contribution < 1.29 is 13.9 Å². The number of anilines is 1. The molecule has 0 aliphatic carbocycles. The minimum absolute atomic E-state index is 0.00414. The molecule has 33 heavy (non-hydrogen) atoms. The summed E-state index contributed by atoms with van der Waals surface area (Å²) in [5.41, 5.74) is 0.407. The number of thioether (sulfide) groups is 1. The average molecular weight is 494 g/mol. The molecule has 7 nitrogen and oxygen atoms in total. The number of carbonyl (C=O) groups excluding carboxylic acids is 1. The molecule has 5 rings (SSSR count). The summed E-state index contributed by atoms with van der Waals surface area (Å²) in [5.74, 6) is 1.03. The van der Waals surface area contributed by atoms with Crippen LogP contribution in [0.3, 0.4) is 0 Å². The van der Waals surface area contributed by atoms with Crippen LogP contribution in [-0.2, 0) is 11.2 Å². The molecule has 2 fully saturated rings. The van der Waals surface area contributed by atoms with E-state index in [0.29, 0.717) is 29.3 Å². The van der Waals surface area contributed by atoms with Gasteiger partial charge in [0.15, 0.2) is 16.1 Å². The number of nitrogens with zero attached hydrogens (tertiary/aromatic N) is 5. The van der Waals surface area contributed by atoms with Crippen LogP contribution in [0.4, 0.5) is 15.0 Å². The van der Waals surface area contributed by atoms with E-state index in [2.05, 4.69) is 21.8 Å². The van der Waals surface area contributed by atoms with E-state index in [1.807, 2.05) is 32.6 Å². The van der Waals surface area contributed by atoms with E-state index in [0.717, 1.165) is 24.3 Å². The number of pyridine rings is 1. The normalized spacial score (nSPS) is 26.4. The topological polar surface area (TPSA) is 71.5 Å². The first-order valence-corrected chi connectivity index (χ1v) is 12.9. The van der Waals surface area contributed by atoms with Gasteiger partial charge in [-0.2, -0.15) is 0 Å². The zero-order valence-corrected chi connectivity index (χ0v) is 21.1. The molecule has 0 aromatic carbocycles. The molecule has 10 heteroatoms. The zero-order chi connectivity index (χ0) is 23.7. The summed E-state index contributed by atoms with van der Waals surface area (Å²) < 4.78 is 20.9. The van der Waals surface area contributed by atoms with Crippen molar-refractivity contribution in [3.05, 3.63) is 16.7 Å². The summed E-state index contributed by atoms with van der Waals surface area (Å²) in [6, 6.07) is 0.0349. The second-order valence-corrected chi connectivity index (χ2v) is 11.7. The highest BCUT2D eigenvalue weighted by atomic mass is 35.5. The van der Waals surface area contributed by atoms with Crippen molar-refractivity contribution in [1.82, 2.24) is 19.9 Å². The standard InChI is InChI=1S/C23H29ClFN5O2S/c1-6-33-21-27-17-15-13(26-19(24)16(17)25)9-11(2)18-14-8-7-12(10-29(18)20(15)28-21)30(14)22(31)32-23(3,4)5/h11-12,14,18H,6-10H2,1-5H3/t11-,12-,14+,18+/m1/s1. The molecule has 0 spiro atoms. The van der Waals surface area contributed by atoms with Crippen LogP contribution in [0.15, 0.2) is 5.16 Å². The Kier molecular flexibility index (Phi) is 5.63. The van der Waals surface area contributed by atoms with Gasteiger partial charge < -0.3 is 9.64 Å². The summed E-state index contributed by atoms with van der Waals surface area (Å²) in [5, 5.41) is 1.03. The number of hydrogen-bond donors (Lipinski definition) is 0. The Bertz CT molecular complexity index is 1130. The lowest BCUT2D eigenvalue weighted by Gasteiger charge is -2.49. The van der Waals surface area contributed by atoms with Crippen molar-refractivity contribution in [2.75, 3.05) is 17.2 Å². The molecule has 0 radical (unpaired) electrons. The van der Waals surface area contributed by atoms with E-state index in [9.17, 15) is 4.79 Å². The number of rotatable bonds is 2. The number of halogens is 2. The van der Waals surface area contributed by atoms with E-state index < -0.39 is 11.4 Å². The van der Waals surface area contributed by atoms with Crippen LogP contribution >= 0.6 is 23.4 Å². The van der Waals surface area contributed by atoms with Gasteiger partial charge >= 0.3 is 6.09 Å². The van der Waals surface area contributed by atoms with Crippen LogP contribution < -0.4 is 4.90 Å². The lowest BCUT2D eigenvalue weighted by molar-refractivity contribution is 0.00491. The Hall–Kier alpha value is -1.87. The molecule has 5 heterocycles. The van der Waals surface area contributed by atoms with Crippen LogP contribution in [0.25, 0.3) is 10.9 Å². The summed E-state index contributed by atoms with van der Waals surface area (Å²) in [7, 11) is 0. The maximum Gasteiger partial charge on any atom is 0.410 e. The van der Waals surface area contributed by atoms with E-state index >= 15 is 4.39 Å². The highest BCUT2D eigenvalue weighted by molar-refractivity contribution is 7.99. The number of piperazine rings is 1. The number of carbonyl (C=O) groups is 1. The van der Waals surface area contributed by atoms with Gasteiger partial charge in [0, 0.05) is 6.54 Å². The Labute approximate surface area is 202 Å². The monoisotopic (exact) mass is 493 g/mol. The lowest BCUT2D eigenvalue weighted by Crippen LogP contribution is -2.63. The lowest BCUT2D eigenvalue weighted by atomic mass is 9.88. The van der Waals surface area contributed by atoms with Gasteiger partial charge in [-0.3, -0.25) is 4.90 Å². The molecule has 2 bridgehead atoms. The molecule has 0 N–H and O–H groups in total. The van der Waals surface area contributed by atoms with Crippen LogP contribution in [0.1, 0.15) is 53.2 Å². The van der Waals surface area contributed by atoms with Gasteiger partial charge in [-0.25, -0.2) is 24.1 Å². The van der Waals surface area contributed by atoms with Crippen molar-refractivity contribution >= 4 is 46.2 Å². The van der Waals surface area contributed by atoms with E-state index in [4.69, 9.17) is 21.3 Å². The minimum Gasteiger partial charge on any atom is -0.444 e. The highest BCUT2D eigenvalue weighted by Gasteiger charge is 2.52. The Morgan fingerprint density at radius 2 is 2.03 bits per heavy atom. The molecule has 0 saturated carbocycles. The highest BCUT2D eigenvalue weighted by Crippen LogP contribution is 2.45. The molecule has 1 amide bonds. The van der Waals surface area contributed by atoms with Gasteiger partial charge in [-0.1, -0.05) is 37.2 Å². The summed E-state index contributed by atoms with van der Waals surface area (Å²) in [6.07, 6.45) is 2.16. The predicted octanol–water partition coefficient (Wildman–Crippen LogP) is 5.08. The third-order valence-electron chi connectivity index (χ3n) is 6.74. The molecule has 2 aromatic rings. The van der Waals surface area contributed by atoms with E-state index in [-0.39, 0.29) is 40.8 Å². The van der Waals surface area contributed by atoms with E-state index in [1.165, 1.54) is 11.8 Å². The Morgan fingerprint density at radius 1 is 1.27 bits per heavy atom. The van der Waals surface area contributed by atoms with Crippen LogP contribution in [0.2, 0.25) is 5.15 Å². The van der Waals surface area contributed by atoms with Crippen molar-refractivity contribution in [3.8, 4) is 0 Å². The average Bonchev–Trinajstić information content (AvgIpc) is 2.97. The first-order valence-electron chi connectivity index (χ1n) is 11.6. The van der Waals surface area contributed by atoms with E-state index in [1.54, 1.807) is 0 Å². The first kappa shape index (κ1) is 22.9. The third-order valence-corrected chi connectivity index (χ3v) is 7.72. The minimum atomic E-state index is -0.599. The number of fused-ring (bicyclic) bond motifs is 5. The fourth-order valence-electron chi connectivity index (χ4n) is 5.65. The number of amides is 1. The summed E-state index contributed by atoms with van der Waals surface area (Å²) in [6.45, 7) is 10.5. The van der Waals surface area contributed by atoms with Crippen LogP contribution in [-0.4, -0.2) is 62.0 Å². The van der Waals surface area contributed by atoms with Crippen molar-refractivity contribution in [1.29, 1.82) is 0 Å².